The molecule has 0 fully saturated rings. The Bertz CT molecular complexity index is 703. The molecule has 110 valence electrons. The highest BCUT2D eigenvalue weighted by molar-refractivity contribution is 6.03. The van der Waals surface area contributed by atoms with Crippen LogP contribution in [0.5, 0.6) is 17.2 Å². The number of nitrogens with one attached hydrogen (secondary N) is 1. The van der Waals surface area contributed by atoms with Gasteiger partial charge >= 0.3 is 0 Å². The van der Waals surface area contributed by atoms with Crippen LogP contribution in [0, 0.1) is 0 Å². The predicted octanol–water partition coefficient (Wildman–Crippen LogP) is 2.92. The number of aromatic hydroxyl groups is 1. The number of aryl methyl sites for hydroxylation is 1. The van der Waals surface area contributed by atoms with Gasteiger partial charge in [-0.15, -0.1) is 0 Å². The second kappa shape index (κ2) is 5.16. The van der Waals surface area contributed by atoms with Crippen molar-refractivity contribution in [2.75, 3.05) is 14.2 Å². The van der Waals surface area contributed by atoms with Crippen molar-refractivity contribution in [3.8, 4) is 28.5 Å². The number of aromatic nitrogens is 1. The molecule has 2 N–H and O–H groups in total. The molecule has 0 aliphatic heterocycles. The summed E-state index contributed by atoms with van der Waals surface area (Å²) in [4.78, 5) is 15.1. The molecule has 0 bridgehead atoms. The van der Waals surface area contributed by atoms with Gasteiger partial charge in [0.05, 0.1) is 25.5 Å². The van der Waals surface area contributed by atoms with Gasteiger partial charge in [-0.05, 0) is 31.0 Å². The van der Waals surface area contributed by atoms with E-state index in [-0.39, 0.29) is 11.5 Å². The average molecular weight is 287 g/mol. The number of ketones is 1. The van der Waals surface area contributed by atoms with Crippen molar-refractivity contribution in [3.05, 3.63) is 29.5 Å². The Morgan fingerprint density at radius 2 is 1.90 bits per heavy atom. The number of fused-ring (bicyclic) bond motifs is 1. The van der Waals surface area contributed by atoms with Crippen LogP contribution in [0.2, 0.25) is 0 Å². The van der Waals surface area contributed by atoms with Crippen LogP contribution in [-0.4, -0.2) is 30.1 Å². The van der Waals surface area contributed by atoms with Crippen molar-refractivity contribution in [3.63, 3.8) is 0 Å². The number of carbonyl (C=O) groups is 1. The van der Waals surface area contributed by atoms with Gasteiger partial charge in [-0.1, -0.05) is 0 Å². The van der Waals surface area contributed by atoms with E-state index in [0.717, 1.165) is 24.1 Å². The van der Waals surface area contributed by atoms with E-state index in [1.54, 1.807) is 26.4 Å². The number of rotatable bonds is 3. The third-order valence-corrected chi connectivity index (χ3v) is 3.83. The first-order chi connectivity index (χ1) is 10.2. The van der Waals surface area contributed by atoms with Crippen molar-refractivity contribution < 1.29 is 19.4 Å². The lowest BCUT2D eigenvalue weighted by Gasteiger charge is -2.09. The number of ether oxygens (including phenoxy) is 2. The zero-order chi connectivity index (χ0) is 15.0. The number of aromatic amines is 1. The summed E-state index contributed by atoms with van der Waals surface area (Å²) in [5, 5.41) is 10.4. The smallest absolute Gasteiger partial charge is 0.168 e. The van der Waals surface area contributed by atoms with Crippen molar-refractivity contribution in [1.82, 2.24) is 4.98 Å². The van der Waals surface area contributed by atoms with E-state index in [1.807, 2.05) is 6.07 Å². The summed E-state index contributed by atoms with van der Waals surface area (Å²) in [5.41, 5.74) is 2.56. The fraction of sp³-hybridized carbons (Fsp3) is 0.312. The molecular weight excluding hydrogens is 270 g/mol. The third kappa shape index (κ3) is 2.14. The lowest BCUT2D eigenvalue weighted by Crippen LogP contribution is -2.08. The zero-order valence-electron chi connectivity index (χ0n) is 12.0. The minimum absolute atomic E-state index is 0.00303. The summed E-state index contributed by atoms with van der Waals surface area (Å²) < 4.78 is 10.5. The van der Waals surface area contributed by atoms with E-state index in [2.05, 4.69) is 4.98 Å². The Hall–Kier alpha value is -2.43. The maximum Gasteiger partial charge on any atom is 0.168 e. The molecule has 1 heterocycles. The number of hydrogen-bond acceptors (Lipinski definition) is 4. The minimum atomic E-state index is -0.00303. The Labute approximate surface area is 122 Å². The van der Waals surface area contributed by atoms with E-state index >= 15 is 0 Å². The molecule has 5 nitrogen and oxygen atoms in total. The maximum absolute atomic E-state index is 11.9. The van der Waals surface area contributed by atoms with Gasteiger partial charge in [-0.3, -0.25) is 4.79 Å². The van der Waals surface area contributed by atoms with Crippen LogP contribution in [0.1, 0.15) is 28.9 Å². The monoisotopic (exact) mass is 287 g/mol. The van der Waals surface area contributed by atoms with Crippen LogP contribution in [0.3, 0.4) is 0 Å². The molecule has 1 aromatic heterocycles. The molecule has 0 amide bonds. The highest BCUT2D eigenvalue weighted by Gasteiger charge is 2.26. The molecule has 1 aromatic carbocycles. The first-order valence-corrected chi connectivity index (χ1v) is 6.85. The standard InChI is InChI=1S/C16H17NO4/c1-20-12-7-6-9(8-13(12)21-2)15-16(19)14-10(17-15)4-3-5-11(14)18/h6-8,17,19H,3-5H2,1-2H3. The second-order valence-corrected chi connectivity index (χ2v) is 5.05. The Morgan fingerprint density at radius 1 is 1.14 bits per heavy atom. The van der Waals surface area contributed by atoms with Crippen molar-refractivity contribution in [1.29, 1.82) is 0 Å². The van der Waals surface area contributed by atoms with Crippen LogP contribution in [0.4, 0.5) is 0 Å². The summed E-state index contributed by atoms with van der Waals surface area (Å²) in [7, 11) is 3.13. The second-order valence-electron chi connectivity index (χ2n) is 5.05. The number of H-pyrrole nitrogens is 1. The molecule has 0 saturated carbocycles. The SMILES string of the molecule is COc1ccc(-c2[nH]c3c(c2O)C(=O)CCC3)cc1OC. The molecule has 2 aromatic rings. The topological polar surface area (TPSA) is 71.5 Å². The highest BCUT2D eigenvalue weighted by atomic mass is 16.5. The van der Waals surface area contributed by atoms with Gasteiger partial charge in [0.25, 0.3) is 0 Å². The number of hydrogen-bond donors (Lipinski definition) is 2. The summed E-state index contributed by atoms with van der Waals surface area (Å²) in [6.07, 6.45) is 2.09. The number of carbonyl (C=O) groups excluding carboxylic acids is 1. The molecular formula is C16H17NO4. The fourth-order valence-electron chi connectivity index (χ4n) is 2.78. The molecule has 1 aliphatic carbocycles. The lowest BCUT2D eigenvalue weighted by molar-refractivity contribution is 0.0970. The first kappa shape index (κ1) is 13.5. The maximum atomic E-state index is 11.9. The average Bonchev–Trinajstić information content (AvgIpc) is 2.85. The Morgan fingerprint density at radius 3 is 2.57 bits per heavy atom. The molecule has 1 aliphatic rings. The predicted molar refractivity (Wildman–Crippen MR) is 78.3 cm³/mol. The highest BCUT2D eigenvalue weighted by Crippen LogP contribution is 2.40. The Kier molecular flexibility index (Phi) is 3.33. The van der Waals surface area contributed by atoms with Crippen LogP contribution in [-0.2, 0) is 6.42 Å². The van der Waals surface area contributed by atoms with Crippen molar-refractivity contribution in [2.45, 2.75) is 19.3 Å². The van der Waals surface area contributed by atoms with Crippen LogP contribution < -0.4 is 9.47 Å². The lowest BCUT2D eigenvalue weighted by atomic mass is 9.96. The summed E-state index contributed by atoms with van der Waals surface area (Å²) in [5.74, 6) is 1.22. The Balaban J connectivity index is 2.11. The summed E-state index contributed by atoms with van der Waals surface area (Å²) in [6.45, 7) is 0. The summed E-state index contributed by atoms with van der Waals surface area (Å²) in [6, 6.07) is 5.37. The molecule has 0 spiro atoms. The van der Waals surface area contributed by atoms with Gasteiger partial charge < -0.3 is 19.6 Å². The first-order valence-electron chi connectivity index (χ1n) is 6.85. The number of methoxy groups -OCH3 is 2. The van der Waals surface area contributed by atoms with Gasteiger partial charge in [-0.2, -0.15) is 0 Å². The molecule has 0 atom stereocenters. The molecule has 0 radical (unpaired) electrons. The number of benzene rings is 1. The largest absolute Gasteiger partial charge is 0.505 e. The van der Waals surface area contributed by atoms with Crippen molar-refractivity contribution in [2.24, 2.45) is 0 Å². The van der Waals surface area contributed by atoms with E-state index in [4.69, 9.17) is 9.47 Å². The third-order valence-electron chi connectivity index (χ3n) is 3.83. The van der Waals surface area contributed by atoms with Crippen LogP contribution in [0.25, 0.3) is 11.3 Å². The van der Waals surface area contributed by atoms with Gasteiger partial charge in [0.2, 0.25) is 0 Å². The van der Waals surface area contributed by atoms with Gasteiger partial charge in [0.1, 0.15) is 0 Å². The molecule has 0 saturated heterocycles. The van der Waals surface area contributed by atoms with E-state index < -0.39 is 0 Å². The van der Waals surface area contributed by atoms with E-state index in [0.29, 0.717) is 29.2 Å². The number of Topliss-reactive ketones (excluding diaryl/α,β-unsaturated/α-hetero) is 1. The van der Waals surface area contributed by atoms with Gasteiger partial charge in [-0.25, -0.2) is 0 Å². The van der Waals surface area contributed by atoms with E-state index in [9.17, 15) is 9.90 Å². The molecule has 21 heavy (non-hydrogen) atoms. The van der Waals surface area contributed by atoms with Crippen LogP contribution in [0.15, 0.2) is 18.2 Å². The van der Waals surface area contributed by atoms with Crippen LogP contribution >= 0.6 is 0 Å². The van der Waals surface area contributed by atoms with E-state index in [1.165, 1.54) is 0 Å². The fourth-order valence-corrected chi connectivity index (χ4v) is 2.78. The molecule has 3 rings (SSSR count). The normalized spacial score (nSPS) is 13.9. The zero-order valence-corrected chi connectivity index (χ0v) is 12.0. The quantitative estimate of drug-likeness (QED) is 0.910. The van der Waals surface area contributed by atoms with Gasteiger partial charge in [0.15, 0.2) is 23.0 Å². The molecule has 0 unspecified atom stereocenters. The molecule has 5 heteroatoms. The summed E-state index contributed by atoms with van der Waals surface area (Å²) >= 11 is 0. The van der Waals surface area contributed by atoms with Crippen molar-refractivity contribution >= 4 is 5.78 Å². The van der Waals surface area contributed by atoms with Gasteiger partial charge in [0, 0.05) is 17.7 Å². The minimum Gasteiger partial charge on any atom is -0.505 e.